The molecule has 0 aliphatic carbocycles. The maximum absolute atomic E-state index is 12.1. The van der Waals surface area contributed by atoms with Crippen LogP contribution in [-0.4, -0.2) is 35.2 Å². The lowest BCUT2D eigenvalue weighted by atomic mass is 10.2. The molecular formula is C14H12BrNO4S. The fourth-order valence-corrected chi connectivity index (χ4v) is 2.79. The molecule has 0 spiro atoms. The lowest BCUT2D eigenvalue weighted by molar-refractivity contribution is -0.145. The molecule has 0 saturated carbocycles. The number of amides is 2. The van der Waals surface area contributed by atoms with Crippen LogP contribution in [-0.2, 0) is 14.3 Å². The third-order valence-electron chi connectivity index (χ3n) is 2.63. The molecular weight excluding hydrogens is 358 g/mol. The van der Waals surface area contributed by atoms with Crippen LogP contribution < -0.4 is 0 Å². The maximum Gasteiger partial charge on any atom is 0.326 e. The van der Waals surface area contributed by atoms with Gasteiger partial charge in [-0.15, -0.1) is 0 Å². The zero-order valence-corrected chi connectivity index (χ0v) is 13.6. The summed E-state index contributed by atoms with van der Waals surface area (Å²) in [4.78, 5) is 36.5. The Morgan fingerprint density at radius 2 is 2.00 bits per heavy atom. The van der Waals surface area contributed by atoms with Crippen LogP contribution in [0.25, 0.3) is 6.08 Å². The molecule has 21 heavy (non-hydrogen) atoms. The largest absolute Gasteiger partial charge is 0.465 e. The normalized spacial score (nSPS) is 16.7. The van der Waals surface area contributed by atoms with Gasteiger partial charge >= 0.3 is 5.97 Å². The second-order valence-electron chi connectivity index (χ2n) is 4.12. The molecule has 5 nitrogen and oxygen atoms in total. The molecule has 0 N–H and O–H groups in total. The topological polar surface area (TPSA) is 63.7 Å². The number of imide groups is 1. The van der Waals surface area contributed by atoms with Crippen molar-refractivity contribution >= 4 is 50.9 Å². The highest BCUT2D eigenvalue weighted by atomic mass is 79.9. The standard InChI is InChI=1S/C14H12BrNO4S/c1-2-20-12(17)8-16-13(18)11(21-14(16)19)7-9-3-5-10(15)6-4-9/h3-7H,2,8H2,1H3/b11-7+. The quantitative estimate of drug-likeness (QED) is 0.602. The molecule has 1 heterocycles. The minimum atomic E-state index is -0.593. The van der Waals surface area contributed by atoms with E-state index in [4.69, 9.17) is 4.74 Å². The molecule has 1 aromatic carbocycles. The van der Waals surface area contributed by atoms with Crippen molar-refractivity contribution in [3.63, 3.8) is 0 Å². The number of hydrogen-bond donors (Lipinski definition) is 0. The van der Waals surface area contributed by atoms with E-state index < -0.39 is 17.1 Å². The van der Waals surface area contributed by atoms with Crippen LogP contribution in [0.15, 0.2) is 33.6 Å². The summed E-state index contributed by atoms with van der Waals surface area (Å²) in [7, 11) is 0. The van der Waals surface area contributed by atoms with E-state index in [0.29, 0.717) is 4.91 Å². The Morgan fingerprint density at radius 1 is 1.33 bits per heavy atom. The van der Waals surface area contributed by atoms with Gasteiger partial charge in [-0.25, -0.2) is 0 Å². The van der Waals surface area contributed by atoms with Crippen molar-refractivity contribution in [2.24, 2.45) is 0 Å². The molecule has 1 aliphatic heterocycles. The van der Waals surface area contributed by atoms with Crippen LogP contribution in [0.4, 0.5) is 4.79 Å². The van der Waals surface area contributed by atoms with Gasteiger partial charge in [0.1, 0.15) is 6.54 Å². The van der Waals surface area contributed by atoms with Crippen molar-refractivity contribution in [2.75, 3.05) is 13.2 Å². The number of carbonyl (C=O) groups excluding carboxylic acids is 3. The Balaban J connectivity index is 2.13. The van der Waals surface area contributed by atoms with Gasteiger partial charge in [-0.3, -0.25) is 19.3 Å². The van der Waals surface area contributed by atoms with Gasteiger partial charge in [0, 0.05) is 4.47 Å². The lowest BCUT2D eigenvalue weighted by Crippen LogP contribution is -2.34. The second kappa shape index (κ2) is 6.91. The maximum atomic E-state index is 12.1. The van der Waals surface area contributed by atoms with Crippen LogP contribution in [0.2, 0.25) is 0 Å². The summed E-state index contributed by atoms with van der Waals surface area (Å²) < 4.78 is 5.67. The summed E-state index contributed by atoms with van der Waals surface area (Å²) in [5, 5.41) is -0.462. The van der Waals surface area contributed by atoms with E-state index in [-0.39, 0.29) is 13.2 Å². The molecule has 2 amide bonds. The Morgan fingerprint density at radius 3 is 2.62 bits per heavy atom. The molecule has 1 aliphatic rings. The van der Waals surface area contributed by atoms with Crippen LogP contribution >= 0.6 is 27.7 Å². The monoisotopic (exact) mass is 369 g/mol. The molecule has 0 radical (unpaired) electrons. The average molecular weight is 370 g/mol. The highest BCUT2D eigenvalue weighted by molar-refractivity contribution is 9.10. The summed E-state index contributed by atoms with van der Waals surface area (Å²) >= 11 is 4.14. The van der Waals surface area contributed by atoms with E-state index in [1.807, 2.05) is 24.3 Å². The van der Waals surface area contributed by atoms with Crippen LogP contribution in [0, 0.1) is 0 Å². The molecule has 1 aromatic rings. The fraction of sp³-hybridized carbons (Fsp3) is 0.214. The molecule has 0 unspecified atom stereocenters. The van der Waals surface area contributed by atoms with Crippen LogP contribution in [0.5, 0.6) is 0 Å². The minimum Gasteiger partial charge on any atom is -0.465 e. The average Bonchev–Trinajstić information content (AvgIpc) is 2.69. The summed E-state index contributed by atoms with van der Waals surface area (Å²) in [6, 6.07) is 7.33. The number of rotatable bonds is 4. The predicted octanol–water partition coefficient (Wildman–Crippen LogP) is 3.05. The van der Waals surface area contributed by atoms with Gasteiger partial charge in [-0.1, -0.05) is 28.1 Å². The number of ether oxygens (including phenoxy) is 1. The summed E-state index contributed by atoms with van der Waals surface area (Å²) in [5.74, 6) is -1.06. The van der Waals surface area contributed by atoms with E-state index in [0.717, 1.165) is 26.7 Å². The van der Waals surface area contributed by atoms with Crippen molar-refractivity contribution in [2.45, 2.75) is 6.92 Å². The number of thioether (sulfide) groups is 1. The van der Waals surface area contributed by atoms with Gasteiger partial charge in [0.05, 0.1) is 11.5 Å². The Bertz CT molecular complexity index is 612. The third kappa shape index (κ3) is 3.95. The first-order valence-electron chi connectivity index (χ1n) is 6.18. The SMILES string of the molecule is CCOC(=O)CN1C(=O)S/C(=C/c2ccc(Br)cc2)C1=O. The van der Waals surface area contributed by atoms with E-state index in [1.54, 1.807) is 13.0 Å². The summed E-state index contributed by atoms with van der Waals surface area (Å²) in [6.45, 7) is 1.53. The third-order valence-corrected chi connectivity index (χ3v) is 4.07. The summed E-state index contributed by atoms with van der Waals surface area (Å²) in [5.41, 5.74) is 0.805. The van der Waals surface area contributed by atoms with E-state index >= 15 is 0 Å². The number of nitrogens with zero attached hydrogens (tertiary/aromatic N) is 1. The zero-order valence-electron chi connectivity index (χ0n) is 11.2. The molecule has 110 valence electrons. The van der Waals surface area contributed by atoms with Crippen molar-refractivity contribution in [1.82, 2.24) is 4.90 Å². The van der Waals surface area contributed by atoms with Gasteiger partial charge in [-0.2, -0.15) is 0 Å². The molecule has 1 saturated heterocycles. The first-order chi connectivity index (χ1) is 10.0. The Labute approximate surface area is 134 Å². The van der Waals surface area contributed by atoms with Crippen molar-refractivity contribution < 1.29 is 19.1 Å². The molecule has 0 atom stereocenters. The van der Waals surface area contributed by atoms with Crippen LogP contribution in [0.1, 0.15) is 12.5 Å². The molecule has 0 aromatic heterocycles. The molecule has 0 bridgehead atoms. The Hall–Kier alpha value is -1.60. The molecule has 2 rings (SSSR count). The minimum absolute atomic E-state index is 0.212. The van der Waals surface area contributed by atoms with Crippen molar-refractivity contribution in [3.8, 4) is 0 Å². The number of esters is 1. The molecule has 1 fully saturated rings. The first-order valence-corrected chi connectivity index (χ1v) is 7.78. The van der Waals surface area contributed by atoms with Gasteiger partial charge in [0.15, 0.2) is 0 Å². The number of hydrogen-bond acceptors (Lipinski definition) is 5. The summed E-state index contributed by atoms with van der Waals surface area (Å²) in [6.07, 6.45) is 1.63. The molecule has 7 heteroatoms. The smallest absolute Gasteiger partial charge is 0.326 e. The van der Waals surface area contributed by atoms with Gasteiger partial charge in [-0.05, 0) is 42.5 Å². The number of carbonyl (C=O) groups is 3. The highest BCUT2D eigenvalue weighted by Crippen LogP contribution is 2.32. The fourth-order valence-electron chi connectivity index (χ4n) is 1.68. The van der Waals surface area contributed by atoms with E-state index in [9.17, 15) is 14.4 Å². The van der Waals surface area contributed by atoms with Gasteiger partial charge in [0.25, 0.3) is 11.1 Å². The number of halogens is 1. The number of benzene rings is 1. The lowest BCUT2D eigenvalue weighted by Gasteiger charge is -2.10. The van der Waals surface area contributed by atoms with Crippen molar-refractivity contribution in [1.29, 1.82) is 0 Å². The van der Waals surface area contributed by atoms with Crippen molar-refractivity contribution in [3.05, 3.63) is 39.2 Å². The van der Waals surface area contributed by atoms with Crippen LogP contribution in [0.3, 0.4) is 0 Å². The first kappa shape index (κ1) is 15.8. The predicted molar refractivity (Wildman–Crippen MR) is 83.5 cm³/mol. The van der Waals surface area contributed by atoms with E-state index in [1.165, 1.54) is 0 Å². The zero-order chi connectivity index (χ0) is 15.4. The van der Waals surface area contributed by atoms with Gasteiger partial charge < -0.3 is 4.74 Å². The Kier molecular flexibility index (Phi) is 5.19. The second-order valence-corrected chi connectivity index (χ2v) is 6.03. The van der Waals surface area contributed by atoms with Gasteiger partial charge in [0.2, 0.25) is 0 Å². The highest BCUT2D eigenvalue weighted by Gasteiger charge is 2.36. The van der Waals surface area contributed by atoms with E-state index in [2.05, 4.69) is 15.9 Å².